The first-order chi connectivity index (χ1) is 13.2. The average molecular weight is 392 g/mol. The summed E-state index contributed by atoms with van der Waals surface area (Å²) in [5.74, 6) is 2.15. The molecule has 1 aliphatic rings. The van der Waals surface area contributed by atoms with Crippen molar-refractivity contribution in [2.24, 2.45) is 4.99 Å². The van der Waals surface area contributed by atoms with Crippen LogP contribution in [-0.4, -0.2) is 74.1 Å². The van der Waals surface area contributed by atoms with Gasteiger partial charge >= 0.3 is 0 Å². The number of hydrogen-bond donors (Lipinski definition) is 2. The van der Waals surface area contributed by atoms with E-state index in [9.17, 15) is 0 Å². The average Bonchev–Trinajstić information content (AvgIpc) is 2.69. The fourth-order valence-electron chi connectivity index (χ4n) is 3.10. The molecule has 1 aromatic carbocycles. The van der Waals surface area contributed by atoms with Crippen molar-refractivity contribution in [1.82, 2.24) is 20.4 Å². The summed E-state index contributed by atoms with van der Waals surface area (Å²) in [4.78, 5) is 9.67. The van der Waals surface area contributed by atoms with Crippen LogP contribution in [0.4, 0.5) is 0 Å². The summed E-state index contributed by atoms with van der Waals surface area (Å²) in [6.45, 7) is 10.4. The number of likely N-dealkylation sites (N-methyl/N-ethyl adjacent to an activating group) is 1. The Balaban J connectivity index is 1.77. The molecule has 0 radical (unpaired) electrons. The Morgan fingerprint density at radius 1 is 1.04 bits per heavy atom. The molecule has 152 valence electrons. The highest BCUT2D eigenvalue weighted by atomic mass is 32.2. The second kappa shape index (κ2) is 13.0. The zero-order valence-electron chi connectivity index (χ0n) is 17.3. The molecule has 0 bridgehead atoms. The van der Waals surface area contributed by atoms with Gasteiger partial charge in [-0.15, -0.1) is 0 Å². The van der Waals surface area contributed by atoms with Crippen LogP contribution in [0.2, 0.25) is 0 Å². The van der Waals surface area contributed by atoms with E-state index in [0.717, 1.165) is 45.2 Å². The molecule has 1 aromatic rings. The molecule has 0 amide bonds. The maximum absolute atomic E-state index is 4.73. The molecule has 1 fully saturated rings. The number of thioether (sulfide) groups is 1. The minimum atomic E-state index is 0.717. The van der Waals surface area contributed by atoms with E-state index in [0.29, 0.717) is 0 Å². The molecule has 0 aromatic heterocycles. The van der Waals surface area contributed by atoms with E-state index in [2.05, 4.69) is 64.9 Å². The molecule has 0 unspecified atom stereocenters. The second-order valence-electron chi connectivity index (χ2n) is 7.22. The largest absolute Gasteiger partial charge is 0.357 e. The lowest BCUT2D eigenvalue weighted by Crippen LogP contribution is -2.43. The number of benzene rings is 1. The quantitative estimate of drug-likeness (QED) is 0.365. The van der Waals surface area contributed by atoms with Gasteiger partial charge in [0.2, 0.25) is 0 Å². The van der Waals surface area contributed by atoms with Gasteiger partial charge in [-0.2, -0.15) is 11.8 Å². The first kappa shape index (κ1) is 22.1. The molecule has 0 spiro atoms. The van der Waals surface area contributed by atoms with Crippen LogP contribution < -0.4 is 10.6 Å². The summed E-state index contributed by atoms with van der Waals surface area (Å²) >= 11 is 1.91. The van der Waals surface area contributed by atoms with Crippen molar-refractivity contribution < 1.29 is 0 Å². The summed E-state index contributed by atoms with van der Waals surface area (Å²) in [5.41, 5.74) is 2.66. The second-order valence-corrected chi connectivity index (χ2v) is 8.20. The lowest BCUT2D eigenvalue weighted by atomic mass is 10.1. The lowest BCUT2D eigenvalue weighted by molar-refractivity contribution is 0.148. The number of nitrogens with one attached hydrogen (secondary N) is 2. The van der Waals surface area contributed by atoms with Crippen molar-refractivity contribution in [2.75, 3.05) is 58.3 Å². The third-order valence-electron chi connectivity index (χ3n) is 4.86. The van der Waals surface area contributed by atoms with E-state index >= 15 is 0 Å². The predicted octanol–water partition coefficient (Wildman–Crippen LogP) is 2.63. The first-order valence-corrected chi connectivity index (χ1v) is 11.6. The summed E-state index contributed by atoms with van der Waals surface area (Å²) in [5, 5.41) is 6.77. The zero-order chi connectivity index (χ0) is 19.3. The molecule has 1 saturated heterocycles. The fraction of sp³-hybridized carbons (Fsp3) is 0.667. The number of piperazine rings is 1. The standard InChI is InChI=1S/C21H37N5S/c1-4-22-21(23-11-5-6-16-27-3)24-17-19-7-9-20(10-8-19)18-26-14-12-25(2)13-15-26/h7-10H,4-6,11-18H2,1-3H3,(H2,22,23,24). The van der Waals surface area contributed by atoms with E-state index < -0.39 is 0 Å². The molecule has 2 N–H and O–H groups in total. The summed E-state index contributed by atoms with van der Waals surface area (Å²) < 4.78 is 0. The minimum Gasteiger partial charge on any atom is -0.357 e. The highest BCUT2D eigenvalue weighted by molar-refractivity contribution is 7.98. The van der Waals surface area contributed by atoms with Gasteiger partial charge in [0.25, 0.3) is 0 Å². The topological polar surface area (TPSA) is 42.9 Å². The number of hydrogen-bond acceptors (Lipinski definition) is 4. The van der Waals surface area contributed by atoms with Gasteiger partial charge in [0.1, 0.15) is 0 Å². The predicted molar refractivity (Wildman–Crippen MR) is 120 cm³/mol. The molecule has 1 heterocycles. The third-order valence-corrected chi connectivity index (χ3v) is 5.55. The van der Waals surface area contributed by atoms with Crippen LogP contribution in [-0.2, 0) is 13.1 Å². The number of rotatable bonds is 10. The highest BCUT2D eigenvalue weighted by Gasteiger charge is 2.13. The zero-order valence-corrected chi connectivity index (χ0v) is 18.2. The Morgan fingerprint density at radius 3 is 2.41 bits per heavy atom. The Kier molecular flexibility index (Phi) is 10.6. The van der Waals surface area contributed by atoms with E-state index in [-0.39, 0.29) is 0 Å². The maximum atomic E-state index is 4.73. The maximum Gasteiger partial charge on any atom is 0.191 e. The Hall–Kier alpha value is -1.24. The van der Waals surface area contributed by atoms with Crippen molar-refractivity contribution in [3.05, 3.63) is 35.4 Å². The van der Waals surface area contributed by atoms with E-state index in [1.54, 1.807) is 0 Å². The van der Waals surface area contributed by atoms with Gasteiger partial charge in [0.15, 0.2) is 5.96 Å². The van der Waals surface area contributed by atoms with Gasteiger partial charge in [-0.3, -0.25) is 4.90 Å². The van der Waals surface area contributed by atoms with Crippen LogP contribution in [0.3, 0.4) is 0 Å². The van der Waals surface area contributed by atoms with Gasteiger partial charge < -0.3 is 15.5 Å². The Morgan fingerprint density at radius 2 is 1.74 bits per heavy atom. The van der Waals surface area contributed by atoms with Crippen molar-refractivity contribution in [1.29, 1.82) is 0 Å². The van der Waals surface area contributed by atoms with Gasteiger partial charge in [-0.05, 0) is 49.9 Å². The molecule has 1 aliphatic heterocycles. The SMILES string of the molecule is CCNC(=NCc1ccc(CN2CCN(C)CC2)cc1)NCCCCSC. The van der Waals surface area contributed by atoms with Crippen molar-refractivity contribution in [3.63, 3.8) is 0 Å². The van der Waals surface area contributed by atoms with Crippen molar-refractivity contribution >= 4 is 17.7 Å². The fourth-order valence-corrected chi connectivity index (χ4v) is 3.60. The molecule has 6 heteroatoms. The number of guanidine groups is 1. The van der Waals surface area contributed by atoms with Crippen LogP contribution in [0, 0.1) is 0 Å². The van der Waals surface area contributed by atoms with Crippen molar-refractivity contribution in [2.45, 2.75) is 32.9 Å². The van der Waals surface area contributed by atoms with E-state index in [4.69, 9.17) is 4.99 Å². The molecular formula is C21H37N5S. The molecule has 5 nitrogen and oxygen atoms in total. The summed E-state index contributed by atoms with van der Waals surface area (Å²) in [7, 11) is 2.20. The van der Waals surface area contributed by atoms with Crippen LogP contribution in [0.5, 0.6) is 0 Å². The lowest BCUT2D eigenvalue weighted by Gasteiger charge is -2.32. The summed E-state index contributed by atoms with van der Waals surface area (Å²) in [6, 6.07) is 8.95. The third kappa shape index (κ3) is 9.00. The highest BCUT2D eigenvalue weighted by Crippen LogP contribution is 2.10. The molecule has 2 rings (SSSR count). The smallest absolute Gasteiger partial charge is 0.191 e. The monoisotopic (exact) mass is 391 g/mol. The normalized spacial score (nSPS) is 16.5. The molecular weight excluding hydrogens is 354 g/mol. The van der Waals surface area contributed by atoms with Crippen LogP contribution >= 0.6 is 11.8 Å². The molecule has 0 atom stereocenters. The van der Waals surface area contributed by atoms with E-state index in [1.807, 2.05) is 11.8 Å². The number of nitrogens with zero attached hydrogens (tertiary/aromatic N) is 3. The van der Waals surface area contributed by atoms with Gasteiger partial charge in [0, 0.05) is 45.8 Å². The van der Waals surface area contributed by atoms with E-state index in [1.165, 1.54) is 42.8 Å². The van der Waals surface area contributed by atoms with Gasteiger partial charge in [0.05, 0.1) is 6.54 Å². The van der Waals surface area contributed by atoms with Gasteiger partial charge in [-0.25, -0.2) is 4.99 Å². The van der Waals surface area contributed by atoms with Crippen molar-refractivity contribution in [3.8, 4) is 0 Å². The molecule has 0 saturated carbocycles. The van der Waals surface area contributed by atoms with Crippen LogP contribution in [0.25, 0.3) is 0 Å². The summed E-state index contributed by atoms with van der Waals surface area (Å²) in [6.07, 6.45) is 4.60. The van der Waals surface area contributed by atoms with Gasteiger partial charge in [-0.1, -0.05) is 24.3 Å². The van der Waals surface area contributed by atoms with Crippen LogP contribution in [0.1, 0.15) is 30.9 Å². The number of aliphatic imine (C=N–C) groups is 1. The first-order valence-electron chi connectivity index (χ1n) is 10.2. The number of unbranched alkanes of at least 4 members (excludes halogenated alkanes) is 1. The minimum absolute atomic E-state index is 0.717. The molecule has 27 heavy (non-hydrogen) atoms. The van der Waals surface area contributed by atoms with Crippen LogP contribution in [0.15, 0.2) is 29.3 Å². The molecule has 0 aliphatic carbocycles. The Labute approximate surface area is 170 Å². The Bertz CT molecular complexity index is 538.